The normalized spacial score (nSPS) is 12.9. The predicted molar refractivity (Wildman–Crippen MR) is 82.9 cm³/mol. The van der Waals surface area contributed by atoms with E-state index in [1.165, 1.54) is 11.3 Å². The number of nitrogens with one attached hydrogen (secondary N) is 1. The Morgan fingerprint density at radius 3 is 2.58 bits per heavy atom. The van der Waals surface area contributed by atoms with E-state index < -0.39 is 12.0 Å². The SMILES string of the molecule is CCN(CC)CCNC(C(=O)O)c1cc(Br)c(C)s1. The molecule has 1 atom stereocenters. The summed E-state index contributed by atoms with van der Waals surface area (Å²) < 4.78 is 0.976. The molecular weight excluding hydrogens is 328 g/mol. The molecule has 0 spiro atoms. The van der Waals surface area contributed by atoms with Crippen LogP contribution in [-0.2, 0) is 4.79 Å². The fourth-order valence-corrected chi connectivity index (χ4v) is 3.47. The minimum absolute atomic E-state index is 0.620. The molecular formula is C13H21BrN2O2S. The van der Waals surface area contributed by atoms with Gasteiger partial charge in [-0.3, -0.25) is 10.1 Å². The summed E-state index contributed by atoms with van der Waals surface area (Å²) in [5.41, 5.74) is 0. The molecule has 2 N–H and O–H groups in total. The van der Waals surface area contributed by atoms with Gasteiger partial charge < -0.3 is 10.0 Å². The third kappa shape index (κ3) is 4.87. The Hall–Kier alpha value is -0.430. The van der Waals surface area contributed by atoms with E-state index in [1.54, 1.807) is 0 Å². The Kier molecular flexibility index (Phi) is 6.99. The zero-order valence-electron chi connectivity index (χ0n) is 11.6. The summed E-state index contributed by atoms with van der Waals surface area (Å²) in [6.45, 7) is 9.71. The molecule has 0 aromatic carbocycles. The molecule has 1 aromatic rings. The molecule has 0 amide bonds. The van der Waals surface area contributed by atoms with Gasteiger partial charge in [-0.15, -0.1) is 11.3 Å². The van der Waals surface area contributed by atoms with Gasteiger partial charge in [0.05, 0.1) is 0 Å². The minimum atomic E-state index is -0.826. The second-order valence-corrected chi connectivity index (χ2v) is 6.45. The molecule has 1 aromatic heterocycles. The van der Waals surface area contributed by atoms with Crippen molar-refractivity contribution in [1.82, 2.24) is 10.2 Å². The number of carbonyl (C=O) groups is 1. The molecule has 0 saturated heterocycles. The number of hydrogen-bond donors (Lipinski definition) is 2. The predicted octanol–water partition coefficient (Wildman–Crippen LogP) is 2.88. The van der Waals surface area contributed by atoms with Crippen molar-refractivity contribution in [3.05, 3.63) is 20.3 Å². The summed E-state index contributed by atoms with van der Waals surface area (Å²) in [7, 11) is 0. The minimum Gasteiger partial charge on any atom is -0.480 e. The molecule has 1 unspecified atom stereocenters. The quantitative estimate of drug-likeness (QED) is 0.758. The number of rotatable bonds is 8. The van der Waals surface area contributed by atoms with Crippen LogP contribution in [0.4, 0.5) is 0 Å². The lowest BCUT2D eigenvalue weighted by Crippen LogP contribution is -2.36. The topological polar surface area (TPSA) is 52.6 Å². The first-order valence-electron chi connectivity index (χ1n) is 6.43. The largest absolute Gasteiger partial charge is 0.480 e. The molecule has 0 fully saturated rings. The number of carboxylic acid groups (broad SMARTS) is 1. The van der Waals surface area contributed by atoms with E-state index in [4.69, 9.17) is 0 Å². The molecule has 0 aliphatic rings. The van der Waals surface area contributed by atoms with Crippen molar-refractivity contribution in [2.45, 2.75) is 26.8 Å². The van der Waals surface area contributed by atoms with E-state index in [9.17, 15) is 9.90 Å². The molecule has 1 heterocycles. The first-order chi connectivity index (χ1) is 8.99. The van der Waals surface area contributed by atoms with Crippen molar-refractivity contribution in [3.8, 4) is 0 Å². The molecule has 108 valence electrons. The van der Waals surface area contributed by atoms with Gasteiger partial charge in [-0.1, -0.05) is 13.8 Å². The van der Waals surface area contributed by atoms with Gasteiger partial charge in [0.2, 0.25) is 0 Å². The third-order valence-corrected chi connectivity index (χ3v) is 5.28. The fourth-order valence-electron chi connectivity index (χ4n) is 1.84. The van der Waals surface area contributed by atoms with Gasteiger partial charge in [-0.05, 0) is 42.0 Å². The number of nitrogens with zero attached hydrogens (tertiary/aromatic N) is 1. The molecule has 1 rings (SSSR count). The second kappa shape index (κ2) is 7.99. The van der Waals surface area contributed by atoms with Crippen molar-refractivity contribution in [2.24, 2.45) is 0 Å². The summed E-state index contributed by atoms with van der Waals surface area (Å²) >= 11 is 4.95. The van der Waals surface area contributed by atoms with Gasteiger partial charge in [0.25, 0.3) is 0 Å². The van der Waals surface area contributed by atoms with Gasteiger partial charge in [-0.25, -0.2) is 0 Å². The van der Waals surface area contributed by atoms with Gasteiger partial charge in [0.15, 0.2) is 0 Å². The van der Waals surface area contributed by atoms with E-state index >= 15 is 0 Å². The van der Waals surface area contributed by atoms with Gasteiger partial charge in [0.1, 0.15) is 6.04 Å². The highest BCUT2D eigenvalue weighted by Crippen LogP contribution is 2.30. The van der Waals surface area contributed by atoms with Crippen LogP contribution in [0.2, 0.25) is 0 Å². The highest BCUT2D eigenvalue weighted by atomic mass is 79.9. The standard InChI is InChI=1S/C13H21BrN2O2S/c1-4-16(5-2)7-6-15-12(13(17)18)11-8-10(14)9(3)19-11/h8,12,15H,4-7H2,1-3H3,(H,17,18). The molecule has 6 heteroatoms. The average molecular weight is 349 g/mol. The molecule has 19 heavy (non-hydrogen) atoms. The maximum absolute atomic E-state index is 11.4. The number of carboxylic acids is 1. The average Bonchev–Trinajstić information content (AvgIpc) is 2.69. The number of hydrogen-bond acceptors (Lipinski definition) is 4. The van der Waals surface area contributed by atoms with Crippen LogP contribution in [0.15, 0.2) is 10.5 Å². The van der Waals surface area contributed by atoms with E-state index in [-0.39, 0.29) is 0 Å². The monoisotopic (exact) mass is 348 g/mol. The molecule has 0 bridgehead atoms. The van der Waals surface area contributed by atoms with Crippen LogP contribution in [0.5, 0.6) is 0 Å². The van der Waals surface area contributed by atoms with Crippen molar-refractivity contribution in [2.75, 3.05) is 26.2 Å². The Labute approximate surface area is 126 Å². The summed E-state index contributed by atoms with van der Waals surface area (Å²) in [6.07, 6.45) is 0. The van der Waals surface area contributed by atoms with Crippen molar-refractivity contribution >= 4 is 33.2 Å². The second-order valence-electron chi connectivity index (χ2n) is 4.31. The molecule has 0 saturated carbocycles. The van der Waals surface area contributed by atoms with Crippen LogP contribution >= 0.6 is 27.3 Å². The molecule has 0 radical (unpaired) electrons. The Balaban J connectivity index is 2.61. The van der Waals surface area contributed by atoms with Crippen molar-refractivity contribution < 1.29 is 9.90 Å². The van der Waals surface area contributed by atoms with Crippen LogP contribution in [0.25, 0.3) is 0 Å². The Bertz CT molecular complexity index is 399. The Morgan fingerprint density at radius 1 is 1.53 bits per heavy atom. The Morgan fingerprint density at radius 2 is 2.16 bits per heavy atom. The number of halogens is 1. The van der Waals surface area contributed by atoms with Crippen molar-refractivity contribution in [1.29, 1.82) is 0 Å². The summed E-state index contributed by atoms with van der Waals surface area (Å²) in [5.74, 6) is -0.826. The summed E-state index contributed by atoms with van der Waals surface area (Å²) in [5, 5.41) is 12.4. The van der Waals surface area contributed by atoms with Crippen LogP contribution in [0.1, 0.15) is 29.6 Å². The summed E-state index contributed by atoms with van der Waals surface area (Å²) in [6, 6.07) is 1.27. The third-order valence-electron chi connectivity index (χ3n) is 3.08. The lowest BCUT2D eigenvalue weighted by molar-refractivity contribution is -0.139. The van der Waals surface area contributed by atoms with Crippen LogP contribution in [-0.4, -0.2) is 42.2 Å². The zero-order chi connectivity index (χ0) is 14.4. The zero-order valence-corrected chi connectivity index (χ0v) is 14.0. The van der Waals surface area contributed by atoms with E-state index in [1.807, 2.05) is 13.0 Å². The maximum atomic E-state index is 11.4. The fraction of sp³-hybridized carbons (Fsp3) is 0.615. The summed E-state index contributed by atoms with van der Waals surface area (Å²) in [4.78, 5) is 15.6. The molecule has 0 aliphatic heterocycles. The first kappa shape index (κ1) is 16.6. The van der Waals surface area contributed by atoms with Crippen LogP contribution in [0, 0.1) is 6.92 Å². The first-order valence-corrected chi connectivity index (χ1v) is 8.04. The number of likely N-dealkylation sites (N-methyl/N-ethyl adjacent to an activating group) is 1. The molecule has 0 aliphatic carbocycles. The lowest BCUT2D eigenvalue weighted by atomic mass is 10.2. The lowest BCUT2D eigenvalue weighted by Gasteiger charge is -2.20. The number of aliphatic carboxylic acids is 1. The number of aryl methyl sites for hydroxylation is 1. The van der Waals surface area contributed by atoms with Crippen LogP contribution < -0.4 is 5.32 Å². The highest BCUT2D eigenvalue weighted by molar-refractivity contribution is 9.10. The van der Waals surface area contributed by atoms with E-state index in [2.05, 4.69) is 40.0 Å². The van der Waals surface area contributed by atoms with Gasteiger partial charge in [0, 0.05) is 27.3 Å². The molecule has 4 nitrogen and oxygen atoms in total. The van der Waals surface area contributed by atoms with E-state index in [0.717, 1.165) is 33.9 Å². The van der Waals surface area contributed by atoms with Gasteiger partial charge >= 0.3 is 5.97 Å². The number of thiophene rings is 1. The van der Waals surface area contributed by atoms with Crippen molar-refractivity contribution in [3.63, 3.8) is 0 Å². The van der Waals surface area contributed by atoms with Crippen LogP contribution in [0.3, 0.4) is 0 Å². The maximum Gasteiger partial charge on any atom is 0.326 e. The van der Waals surface area contributed by atoms with E-state index in [0.29, 0.717) is 6.54 Å². The highest BCUT2D eigenvalue weighted by Gasteiger charge is 2.22. The van der Waals surface area contributed by atoms with Gasteiger partial charge in [-0.2, -0.15) is 0 Å². The smallest absolute Gasteiger partial charge is 0.326 e.